The highest BCUT2D eigenvalue weighted by Gasteiger charge is 2.31. The zero-order valence-corrected chi connectivity index (χ0v) is 16.6. The number of halogens is 1. The Bertz CT molecular complexity index is 900. The molecule has 146 valence electrons. The molecule has 0 saturated carbocycles. The number of nitrogens with one attached hydrogen (secondary N) is 1. The standard InChI is InChI=1S/C19H25FN4O2S/c1-14-11-18(22-17-8-6-16(20)7-9-17)12-19(21-14)15-5-4-10-24(13-15)27(25,26)23(2)3/h6-9,11-12,15H,4-5,10,13H2,1-3H3,(H,21,22)/t15-/m0/s1. The Kier molecular flexibility index (Phi) is 5.78. The Morgan fingerprint density at radius 1 is 1.19 bits per heavy atom. The molecule has 8 heteroatoms. The molecule has 1 atom stereocenters. The van der Waals surface area contributed by atoms with Gasteiger partial charge in [0, 0.05) is 55.9 Å². The summed E-state index contributed by atoms with van der Waals surface area (Å²) in [7, 11) is -0.326. The molecule has 1 saturated heterocycles. The van der Waals surface area contributed by atoms with E-state index in [1.807, 2.05) is 19.1 Å². The molecule has 1 N–H and O–H groups in total. The molecule has 1 fully saturated rings. The van der Waals surface area contributed by atoms with Crippen LogP contribution in [-0.2, 0) is 10.2 Å². The Balaban J connectivity index is 1.82. The van der Waals surface area contributed by atoms with Crippen LogP contribution in [0.25, 0.3) is 0 Å². The van der Waals surface area contributed by atoms with Crippen LogP contribution in [-0.4, -0.2) is 49.2 Å². The second kappa shape index (κ2) is 7.92. The Morgan fingerprint density at radius 2 is 1.89 bits per heavy atom. The molecule has 0 bridgehead atoms. The lowest BCUT2D eigenvalue weighted by atomic mass is 9.95. The highest BCUT2D eigenvalue weighted by atomic mass is 32.2. The molecule has 27 heavy (non-hydrogen) atoms. The Hall–Kier alpha value is -2.03. The van der Waals surface area contributed by atoms with E-state index >= 15 is 0 Å². The smallest absolute Gasteiger partial charge is 0.281 e. The van der Waals surface area contributed by atoms with Gasteiger partial charge in [-0.1, -0.05) is 0 Å². The van der Waals surface area contributed by atoms with E-state index in [1.54, 1.807) is 26.2 Å². The zero-order chi connectivity index (χ0) is 19.6. The van der Waals surface area contributed by atoms with Gasteiger partial charge in [0.2, 0.25) is 0 Å². The van der Waals surface area contributed by atoms with E-state index < -0.39 is 10.2 Å². The predicted molar refractivity (Wildman–Crippen MR) is 105 cm³/mol. The van der Waals surface area contributed by atoms with Crippen molar-refractivity contribution in [2.24, 2.45) is 0 Å². The van der Waals surface area contributed by atoms with Crippen LogP contribution in [0, 0.1) is 12.7 Å². The van der Waals surface area contributed by atoms with Gasteiger partial charge in [-0.25, -0.2) is 4.39 Å². The largest absolute Gasteiger partial charge is 0.355 e. The summed E-state index contributed by atoms with van der Waals surface area (Å²) in [5.41, 5.74) is 3.37. The number of anilines is 2. The van der Waals surface area contributed by atoms with Crippen molar-refractivity contribution in [2.45, 2.75) is 25.7 Å². The van der Waals surface area contributed by atoms with Gasteiger partial charge in [0.1, 0.15) is 5.82 Å². The van der Waals surface area contributed by atoms with Gasteiger partial charge < -0.3 is 5.32 Å². The maximum atomic E-state index is 13.1. The number of aryl methyl sites for hydroxylation is 1. The van der Waals surface area contributed by atoms with E-state index in [0.29, 0.717) is 13.1 Å². The minimum Gasteiger partial charge on any atom is -0.355 e. The van der Waals surface area contributed by atoms with Gasteiger partial charge in [-0.05, 0) is 56.2 Å². The first-order valence-corrected chi connectivity index (χ1v) is 10.3. The minimum absolute atomic E-state index is 0.0437. The van der Waals surface area contributed by atoms with Gasteiger partial charge in [-0.3, -0.25) is 4.98 Å². The first kappa shape index (κ1) is 19.7. The summed E-state index contributed by atoms with van der Waals surface area (Å²) in [6, 6.07) is 10.0. The molecule has 0 radical (unpaired) electrons. The van der Waals surface area contributed by atoms with Gasteiger partial charge in [-0.15, -0.1) is 0 Å². The van der Waals surface area contributed by atoms with Crippen molar-refractivity contribution in [1.29, 1.82) is 0 Å². The lowest BCUT2D eigenvalue weighted by Gasteiger charge is -2.33. The molecule has 6 nitrogen and oxygen atoms in total. The van der Waals surface area contributed by atoms with Gasteiger partial charge in [0.25, 0.3) is 10.2 Å². The molecule has 0 unspecified atom stereocenters. The monoisotopic (exact) mass is 392 g/mol. The topological polar surface area (TPSA) is 65.5 Å². The van der Waals surface area contributed by atoms with Crippen molar-refractivity contribution >= 4 is 21.6 Å². The van der Waals surface area contributed by atoms with Crippen molar-refractivity contribution < 1.29 is 12.8 Å². The summed E-state index contributed by atoms with van der Waals surface area (Å²) in [6.07, 6.45) is 1.69. The summed E-state index contributed by atoms with van der Waals surface area (Å²) in [4.78, 5) is 4.64. The van der Waals surface area contributed by atoms with E-state index in [1.165, 1.54) is 20.7 Å². The van der Waals surface area contributed by atoms with Crippen LogP contribution in [0.3, 0.4) is 0 Å². The highest BCUT2D eigenvalue weighted by Crippen LogP contribution is 2.30. The number of aromatic nitrogens is 1. The SMILES string of the molecule is Cc1cc(Nc2ccc(F)cc2)cc([C@H]2CCCN(S(=O)(=O)N(C)C)C2)n1. The lowest BCUT2D eigenvalue weighted by Crippen LogP contribution is -2.45. The summed E-state index contributed by atoms with van der Waals surface area (Å²) in [5.74, 6) is -0.237. The van der Waals surface area contributed by atoms with Crippen molar-refractivity contribution in [3.8, 4) is 0 Å². The molecule has 1 aromatic carbocycles. The van der Waals surface area contributed by atoms with E-state index in [9.17, 15) is 12.8 Å². The van der Waals surface area contributed by atoms with Crippen molar-refractivity contribution in [2.75, 3.05) is 32.5 Å². The third-order valence-electron chi connectivity index (χ3n) is 4.70. The van der Waals surface area contributed by atoms with Gasteiger partial charge >= 0.3 is 0 Å². The second-order valence-electron chi connectivity index (χ2n) is 7.04. The minimum atomic E-state index is -3.43. The highest BCUT2D eigenvalue weighted by molar-refractivity contribution is 7.86. The Morgan fingerprint density at radius 3 is 2.56 bits per heavy atom. The van der Waals surface area contributed by atoms with Crippen molar-refractivity contribution in [3.05, 3.63) is 53.6 Å². The van der Waals surface area contributed by atoms with Gasteiger partial charge in [0.05, 0.1) is 0 Å². The maximum absolute atomic E-state index is 13.1. The molecule has 2 heterocycles. The van der Waals surface area contributed by atoms with E-state index in [0.717, 1.165) is 35.6 Å². The van der Waals surface area contributed by atoms with E-state index in [2.05, 4.69) is 10.3 Å². The lowest BCUT2D eigenvalue weighted by molar-refractivity contribution is 0.296. The molecule has 3 rings (SSSR count). The van der Waals surface area contributed by atoms with Crippen LogP contribution in [0.1, 0.15) is 30.1 Å². The van der Waals surface area contributed by atoms with Gasteiger partial charge in [0.15, 0.2) is 0 Å². The molecule has 0 amide bonds. The van der Waals surface area contributed by atoms with Crippen LogP contribution in [0.2, 0.25) is 0 Å². The number of rotatable bonds is 5. The van der Waals surface area contributed by atoms with Gasteiger partial charge in [-0.2, -0.15) is 17.0 Å². The molecule has 2 aromatic rings. The fourth-order valence-electron chi connectivity index (χ4n) is 3.30. The molecule has 1 aliphatic heterocycles. The van der Waals surface area contributed by atoms with E-state index in [-0.39, 0.29) is 11.7 Å². The molecule has 0 spiro atoms. The average molecular weight is 393 g/mol. The number of hydrogen-bond donors (Lipinski definition) is 1. The number of hydrogen-bond acceptors (Lipinski definition) is 4. The van der Waals surface area contributed by atoms with Crippen LogP contribution in [0.5, 0.6) is 0 Å². The summed E-state index contributed by atoms with van der Waals surface area (Å²) >= 11 is 0. The fourth-order valence-corrected chi connectivity index (χ4v) is 4.49. The third kappa shape index (κ3) is 4.63. The second-order valence-corrected chi connectivity index (χ2v) is 9.18. The Labute approximate surface area is 160 Å². The quantitative estimate of drug-likeness (QED) is 0.848. The first-order valence-electron chi connectivity index (χ1n) is 8.94. The van der Waals surface area contributed by atoms with Crippen molar-refractivity contribution in [1.82, 2.24) is 13.6 Å². The van der Waals surface area contributed by atoms with Crippen LogP contribution in [0.15, 0.2) is 36.4 Å². The first-order chi connectivity index (χ1) is 12.8. The number of benzene rings is 1. The number of nitrogens with zero attached hydrogens (tertiary/aromatic N) is 3. The average Bonchev–Trinajstić information content (AvgIpc) is 2.63. The molecular weight excluding hydrogens is 367 g/mol. The summed E-state index contributed by atoms with van der Waals surface area (Å²) in [6.45, 7) is 2.87. The maximum Gasteiger partial charge on any atom is 0.281 e. The van der Waals surface area contributed by atoms with Crippen LogP contribution >= 0.6 is 0 Å². The number of piperidine rings is 1. The molecular formula is C19H25FN4O2S. The number of pyridine rings is 1. The summed E-state index contributed by atoms with van der Waals surface area (Å²) < 4.78 is 40.8. The third-order valence-corrected chi connectivity index (χ3v) is 6.60. The van der Waals surface area contributed by atoms with Crippen LogP contribution < -0.4 is 5.32 Å². The molecule has 1 aromatic heterocycles. The normalized spacial score (nSPS) is 18.6. The molecule has 0 aliphatic carbocycles. The van der Waals surface area contributed by atoms with Crippen LogP contribution in [0.4, 0.5) is 15.8 Å². The fraction of sp³-hybridized carbons (Fsp3) is 0.421. The van der Waals surface area contributed by atoms with Crippen molar-refractivity contribution in [3.63, 3.8) is 0 Å². The zero-order valence-electron chi connectivity index (χ0n) is 15.8. The predicted octanol–water partition coefficient (Wildman–Crippen LogP) is 3.26. The summed E-state index contributed by atoms with van der Waals surface area (Å²) in [5, 5.41) is 3.26. The molecule has 1 aliphatic rings. The van der Waals surface area contributed by atoms with E-state index in [4.69, 9.17) is 0 Å².